The average Bonchev–Trinajstić information content (AvgIpc) is 3.03. The molecule has 24 heavy (non-hydrogen) atoms. The molecule has 0 fully saturated rings. The first-order valence-electron chi connectivity index (χ1n) is 8.23. The highest BCUT2D eigenvalue weighted by atomic mass is 127. The van der Waals surface area contributed by atoms with Gasteiger partial charge in [-0.3, -0.25) is 0 Å². The van der Waals surface area contributed by atoms with Crippen molar-refractivity contribution < 1.29 is 0 Å². The number of nitrogens with one attached hydrogen (secondary N) is 2. The molecule has 0 spiro atoms. The maximum absolute atomic E-state index is 4.68. The molecule has 6 heteroatoms. The number of aryl methyl sites for hydroxylation is 3. The van der Waals surface area contributed by atoms with Crippen molar-refractivity contribution in [1.82, 2.24) is 20.2 Å². The van der Waals surface area contributed by atoms with E-state index in [-0.39, 0.29) is 24.0 Å². The van der Waals surface area contributed by atoms with E-state index in [1.54, 1.807) is 0 Å². The Balaban J connectivity index is 0.00000288. The van der Waals surface area contributed by atoms with E-state index in [0.29, 0.717) is 6.54 Å². The molecule has 0 radical (unpaired) electrons. The van der Waals surface area contributed by atoms with E-state index in [9.17, 15) is 0 Å². The number of guanidine groups is 1. The Hall–Kier alpha value is -1.57. The van der Waals surface area contributed by atoms with Crippen molar-refractivity contribution in [1.29, 1.82) is 0 Å². The van der Waals surface area contributed by atoms with E-state index in [1.165, 1.54) is 16.7 Å². The molecule has 0 unspecified atom stereocenters. The topological polar surface area (TPSA) is 54.2 Å². The van der Waals surface area contributed by atoms with Crippen molar-refractivity contribution in [2.75, 3.05) is 13.1 Å². The predicted octanol–water partition coefficient (Wildman–Crippen LogP) is 3.26. The van der Waals surface area contributed by atoms with Crippen LogP contribution in [0.2, 0.25) is 0 Å². The molecule has 0 saturated carbocycles. The van der Waals surface area contributed by atoms with Crippen LogP contribution < -0.4 is 10.6 Å². The summed E-state index contributed by atoms with van der Waals surface area (Å²) in [6.07, 6.45) is 6.67. The highest BCUT2D eigenvalue weighted by Crippen LogP contribution is 2.11. The van der Waals surface area contributed by atoms with Crippen molar-refractivity contribution in [3.63, 3.8) is 0 Å². The number of nitrogens with zero attached hydrogens (tertiary/aromatic N) is 3. The van der Waals surface area contributed by atoms with Crippen LogP contribution in [0.1, 0.15) is 30.0 Å². The van der Waals surface area contributed by atoms with Gasteiger partial charge in [-0.1, -0.05) is 23.8 Å². The monoisotopic (exact) mass is 441 g/mol. The summed E-state index contributed by atoms with van der Waals surface area (Å²) in [5, 5.41) is 6.69. The van der Waals surface area contributed by atoms with Crippen molar-refractivity contribution in [2.24, 2.45) is 4.99 Å². The molecular formula is C18H28IN5. The highest BCUT2D eigenvalue weighted by molar-refractivity contribution is 14.0. The minimum Gasteiger partial charge on any atom is -0.357 e. The highest BCUT2D eigenvalue weighted by Gasteiger charge is 2.00. The van der Waals surface area contributed by atoms with Gasteiger partial charge in [0.25, 0.3) is 0 Å². The van der Waals surface area contributed by atoms with Crippen LogP contribution >= 0.6 is 24.0 Å². The average molecular weight is 441 g/mol. The van der Waals surface area contributed by atoms with Gasteiger partial charge in [0, 0.05) is 32.0 Å². The van der Waals surface area contributed by atoms with Gasteiger partial charge in [0.05, 0.1) is 12.9 Å². The molecule has 0 saturated heterocycles. The minimum absolute atomic E-state index is 0. The van der Waals surface area contributed by atoms with Crippen LogP contribution in [0.15, 0.2) is 41.9 Å². The largest absolute Gasteiger partial charge is 0.357 e. The van der Waals surface area contributed by atoms with Crippen LogP contribution in [0.3, 0.4) is 0 Å². The van der Waals surface area contributed by atoms with Gasteiger partial charge in [-0.15, -0.1) is 24.0 Å². The number of halogens is 1. The molecule has 1 aromatic carbocycles. The van der Waals surface area contributed by atoms with E-state index in [1.807, 2.05) is 18.7 Å². The standard InChI is InChI=1S/C18H27N5.HI/c1-4-20-18(21-8-5-10-23-11-9-19-14-23)22-13-17-7-6-15(2)12-16(17)3;/h6-7,9,11-12,14H,4-5,8,10,13H2,1-3H3,(H2,20,21,22);1H. The Morgan fingerprint density at radius 2 is 2.08 bits per heavy atom. The van der Waals surface area contributed by atoms with Crippen molar-refractivity contribution in [2.45, 2.75) is 40.3 Å². The van der Waals surface area contributed by atoms with Crippen molar-refractivity contribution >= 4 is 29.9 Å². The fraction of sp³-hybridized carbons (Fsp3) is 0.444. The molecule has 2 N–H and O–H groups in total. The SMILES string of the molecule is CCNC(=NCc1ccc(C)cc1C)NCCCn1ccnc1.I. The van der Waals surface area contributed by atoms with Gasteiger partial charge in [-0.2, -0.15) is 0 Å². The zero-order valence-corrected chi connectivity index (χ0v) is 17.1. The summed E-state index contributed by atoms with van der Waals surface area (Å²) in [4.78, 5) is 8.73. The van der Waals surface area contributed by atoms with Crippen LogP contribution in [0.25, 0.3) is 0 Å². The summed E-state index contributed by atoms with van der Waals surface area (Å²) >= 11 is 0. The third kappa shape index (κ3) is 6.90. The predicted molar refractivity (Wildman–Crippen MR) is 111 cm³/mol. The van der Waals surface area contributed by atoms with E-state index >= 15 is 0 Å². The van der Waals surface area contributed by atoms with E-state index in [4.69, 9.17) is 0 Å². The van der Waals surface area contributed by atoms with Crippen LogP contribution in [0.5, 0.6) is 0 Å². The quantitative estimate of drug-likeness (QED) is 0.300. The number of hydrogen-bond donors (Lipinski definition) is 2. The number of aromatic nitrogens is 2. The third-order valence-corrected chi connectivity index (χ3v) is 3.69. The lowest BCUT2D eigenvalue weighted by atomic mass is 10.1. The first kappa shape index (κ1) is 20.5. The number of benzene rings is 1. The number of aliphatic imine (C=N–C) groups is 1. The molecule has 1 aromatic heterocycles. The van der Waals surface area contributed by atoms with Crippen molar-refractivity contribution in [3.8, 4) is 0 Å². The van der Waals surface area contributed by atoms with E-state index in [0.717, 1.165) is 32.0 Å². The van der Waals surface area contributed by atoms with E-state index in [2.05, 4.69) is 64.1 Å². The summed E-state index contributed by atoms with van der Waals surface area (Å²) in [6, 6.07) is 6.51. The van der Waals surface area contributed by atoms with Gasteiger partial charge in [0.15, 0.2) is 5.96 Å². The summed E-state index contributed by atoms with van der Waals surface area (Å²) in [7, 11) is 0. The molecule has 2 aromatic rings. The van der Waals surface area contributed by atoms with E-state index < -0.39 is 0 Å². The summed E-state index contributed by atoms with van der Waals surface area (Å²) in [6.45, 7) is 9.75. The lowest BCUT2D eigenvalue weighted by molar-refractivity contribution is 0.624. The Morgan fingerprint density at radius 3 is 2.75 bits per heavy atom. The van der Waals surface area contributed by atoms with Crippen LogP contribution in [0.4, 0.5) is 0 Å². The first-order valence-corrected chi connectivity index (χ1v) is 8.23. The molecule has 0 atom stereocenters. The molecule has 0 amide bonds. The molecule has 2 rings (SSSR count). The summed E-state index contributed by atoms with van der Waals surface area (Å²) < 4.78 is 2.08. The van der Waals surface area contributed by atoms with Crippen LogP contribution in [0, 0.1) is 13.8 Å². The van der Waals surface area contributed by atoms with Gasteiger partial charge >= 0.3 is 0 Å². The second-order valence-electron chi connectivity index (χ2n) is 5.71. The number of rotatable bonds is 7. The Bertz CT molecular complexity index is 622. The molecule has 5 nitrogen and oxygen atoms in total. The Morgan fingerprint density at radius 1 is 1.25 bits per heavy atom. The fourth-order valence-electron chi connectivity index (χ4n) is 2.42. The molecule has 1 heterocycles. The van der Waals surface area contributed by atoms with Gasteiger partial charge in [0.2, 0.25) is 0 Å². The zero-order valence-electron chi connectivity index (χ0n) is 14.7. The first-order chi connectivity index (χ1) is 11.2. The lowest BCUT2D eigenvalue weighted by Crippen LogP contribution is -2.38. The molecule has 0 aliphatic rings. The lowest BCUT2D eigenvalue weighted by Gasteiger charge is -2.12. The Kier molecular flexibility index (Phi) is 9.44. The molecule has 0 aliphatic heterocycles. The van der Waals surface area contributed by atoms with Gasteiger partial charge < -0.3 is 15.2 Å². The fourth-order valence-corrected chi connectivity index (χ4v) is 2.42. The smallest absolute Gasteiger partial charge is 0.191 e. The zero-order chi connectivity index (χ0) is 16.5. The molecule has 0 aliphatic carbocycles. The summed E-state index contributed by atoms with van der Waals surface area (Å²) in [5.41, 5.74) is 3.86. The third-order valence-electron chi connectivity index (χ3n) is 3.69. The number of hydrogen-bond acceptors (Lipinski definition) is 2. The number of imidazole rings is 1. The summed E-state index contributed by atoms with van der Waals surface area (Å²) in [5.74, 6) is 0.873. The van der Waals surface area contributed by atoms with Crippen molar-refractivity contribution in [3.05, 3.63) is 53.6 Å². The van der Waals surface area contributed by atoms with Crippen LogP contribution in [-0.4, -0.2) is 28.6 Å². The van der Waals surface area contributed by atoms with Gasteiger partial charge in [-0.05, 0) is 38.3 Å². The maximum Gasteiger partial charge on any atom is 0.191 e. The molecule has 0 bridgehead atoms. The van der Waals surface area contributed by atoms with Crippen LogP contribution in [-0.2, 0) is 13.1 Å². The minimum atomic E-state index is 0. The molecule has 132 valence electrons. The normalized spacial score (nSPS) is 11.0. The van der Waals surface area contributed by atoms with Gasteiger partial charge in [0.1, 0.15) is 0 Å². The molecular weight excluding hydrogens is 413 g/mol. The maximum atomic E-state index is 4.68. The van der Waals surface area contributed by atoms with Gasteiger partial charge in [-0.25, -0.2) is 9.98 Å². The second kappa shape index (κ2) is 11.1. The second-order valence-corrected chi connectivity index (χ2v) is 5.71. The Labute approximate surface area is 162 Å².